The molecule has 0 bridgehead atoms. The number of benzene rings is 1. The number of carbonyl (C=O) groups is 1. The zero-order valence-corrected chi connectivity index (χ0v) is 15.0. The Morgan fingerprint density at radius 3 is 2.38 bits per heavy atom. The summed E-state index contributed by atoms with van der Waals surface area (Å²) in [4.78, 5) is 11.9. The molecule has 0 radical (unpaired) electrons. The van der Waals surface area contributed by atoms with Gasteiger partial charge in [0.25, 0.3) is 0 Å². The molecule has 1 rings (SSSR count). The Labute approximate surface area is 146 Å². The highest BCUT2D eigenvalue weighted by Crippen LogP contribution is 2.20. The number of anilines is 1. The molecule has 0 aliphatic rings. The number of hydrogen-bond acceptors (Lipinski definition) is 5. The molecule has 1 amide bonds. The van der Waals surface area contributed by atoms with Gasteiger partial charge in [-0.05, 0) is 25.5 Å². The van der Waals surface area contributed by atoms with Crippen molar-refractivity contribution < 1.29 is 4.79 Å². The van der Waals surface area contributed by atoms with Crippen LogP contribution in [0.4, 0.5) is 5.69 Å². The number of hydrazine groups is 1. The highest BCUT2D eigenvalue weighted by Gasteiger charge is 2.08. The summed E-state index contributed by atoms with van der Waals surface area (Å²) in [5.41, 5.74) is 15.6. The molecule has 1 aromatic rings. The number of unbranched alkanes of at least 4 members (excludes halogenated alkanes) is 2. The quantitative estimate of drug-likeness (QED) is 0.216. The second-order valence-corrected chi connectivity index (χ2v) is 4.46. The molecule has 0 spiro atoms. The topological polar surface area (TPSA) is 119 Å². The maximum absolute atomic E-state index is 11.9. The zero-order valence-electron chi connectivity index (χ0n) is 15.0. The molecule has 136 valence electrons. The Morgan fingerprint density at radius 2 is 1.79 bits per heavy atom. The average molecular weight is 335 g/mol. The van der Waals surface area contributed by atoms with Gasteiger partial charge in [-0.25, -0.2) is 0 Å². The number of carbonyl (C=O) groups excluding carboxylic acids is 1. The van der Waals surface area contributed by atoms with Crippen LogP contribution < -0.4 is 28.1 Å². The van der Waals surface area contributed by atoms with Gasteiger partial charge in [-0.2, -0.15) is 0 Å². The third-order valence-corrected chi connectivity index (χ3v) is 2.86. The molecular weight excluding hydrogens is 302 g/mol. The van der Waals surface area contributed by atoms with Crippen LogP contribution >= 0.6 is 0 Å². The summed E-state index contributed by atoms with van der Waals surface area (Å²) in [6, 6.07) is 7.33. The monoisotopic (exact) mass is 335 g/mol. The molecule has 6 nitrogen and oxygen atoms in total. The second-order valence-electron chi connectivity index (χ2n) is 4.46. The number of para-hydroxylation sites is 1. The predicted molar refractivity (Wildman–Crippen MR) is 105 cm³/mol. The van der Waals surface area contributed by atoms with E-state index in [0.717, 1.165) is 24.8 Å². The van der Waals surface area contributed by atoms with Crippen LogP contribution in [0.15, 0.2) is 43.6 Å². The van der Waals surface area contributed by atoms with Crippen LogP contribution in [0.1, 0.15) is 45.1 Å². The Kier molecular flexibility index (Phi) is 17.0. The first kappa shape index (κ1) is 23.9. The van der Waals surface area contributed by atoms with Crippen LogP contribution in [0, 0.1) is 0 Å². The summed E-state index contributed by atoms with van der Waals surface area (Å²) >= 11 is 0. The van der Waals surface area contributed by atoms with Crippen molar-refractivity contribution in [3.63, 3.8) is 0 Å². The van der Waals surface area contributed by atoms with E-state index < -0.39 is 0 Å². The molecule has 0 unspecified atom stereocenters. The highest BCUT2D eigenvalue weighted by molar-refractivity contribution is 5.93. The summed E-state index contributed by atoms with van der Waals surface area (Å²) in [5, 5.41) is 2.87. The highest BCUT2D eigenvalue weighted by atomic mass is 16.1. The largest absolute Gasteiger partial charge is 0.397 e. The van der Waals surface area contributed by atoms with Crippen molar-refractivity contribution in [2.45, 2.75) is 39.5 Å². The van der Waals surface area contributed by atoms with Crippen molar-refractivity contribution in [1.82, 2.24) is 5.43 Å². The van der Waals surface area contributed by atoms with E-state index in [2.05, 4.69) is 23.9 Å². The van der Waals surface area contributed by atoms with Crippen LogP contribution in [0.5, 0.6) is 0 Å². The SMILES string of the molecule is C=C.CC.NCCCCCC(=O)Nc1ccccc1/C(N)=C/NN. The van der Waals surface area contributed by atoms with Gasteiger partial charge >= 0.3 is 0 Å². The van der Waals surface area contributed by atoms with Gasteiger partial charge in [0, 0.05) is 18.2 Å². The fraction of sp³-hybridized carbons (Fsp3) is 0.389. The molecule has 6 heteroatoms. The van der Waals surface area contributed by atoms with Gasteiger partial charge < -0.3 is 22.2 Å². The summed E-state index contributed by atoms with van der Waals surface area (Å²) in [6.45, 7) is 10.7. The molecule has 1 aromatic carbocycles. The lowest BCUT2D eigenvalue weighted by Crippen LogP contribution is -2.17. The van der Waals surface area contributed by atoms with Gasteiger partial charge in [0.05, 0.1) is 11.4 Å². The lowest BCUT2D eigenvalue weighted by molar-refractivity contribution is -0.116. The maximum Gasteiger partial charge on any atom is 0.224 e. The van der Waals surface area contributed by atoms with E-state index in [1.165, 1.54) is 6.20 Å². The van der Waals surface area contributed by atoms with Gasteiger partial charge in [0.15, 0.2) is 0 Å². The summed E-state index contributed by atoms with van der Waals surface area (Å²) in [7, 11) is 0. The van der Waals surface area contributed by atoms with E-state index >= 15 is 0 Å². The van der Waals surface area contributed by atoms with Crippen molar-refractivity contribution in [2.75, 3.05) is 11.9 Å². The van der Waals surface area contributed by atoms with Crippen molar-refractivity contribution in [2.24, 2.45) is 17.3 Å². The van der Waals surface area contributed by atoms with Gasteiger partial charge in [-0.1, -0.05) is 38.5 Å². The number of nitrogens with one attached hydrogen (secondary N) is 2. The van der Waals surface area contributed by atoms with E-state index in [0.29, 0.717) is 24.4 Å². The fourth-order valence-electron chi connectivity index (χ4n) is 1.83. The summed E-state index contributed by atoms with van der Waals surface area (Å²) < 4.78 is 0. The Morgan fingerprint density at radius 1 is 1.17 bits per heavy atom. The first-order valence-corrected chi connectivity index (χ1v) is 8.20. The fourth-order valence-corrected chi connectivity index (χ4v) is 1.83. The summed E-state index contributed by atoms with van der Waals surface area (Å²) in [6.07, 6.45) is 4.70. The van der Waals surface area contributed by atoms with Crippen LogP contribution in [0.25, 0.3) is 5.70 Å². The molecule has 0 heterocycles. The molecule has 0 saturated heterocycles. The number of amides is 1. The smallest absolute Gasteiger partial charge is 0.224 e. The van der Waals surface area contributed by atoms with Crippen molar-refractivity contribution in [1.29, 1.82) is 0 Å². The molecule has 0 aromatic heterocycles. The average Bonchev–Trinajstić information content (AvgIpc) is 2.63. The third-order valence-electron chi connectivity index (χ3n) is 2.86. The van der Waals surface area contributed by atoms with Crippen molar-refractivity contribution in [3.05, 3.63) is 49.2 Å². The van der Waals surface area contributed by atoms with Gasteiger partial charge in [0.2, 0.25) is 5.91 Å². The lowest BCUT2D eigenvalue weighted by Gasteiger charge is -2.11. The minimum Gasteiger partial charge on any atom is -0.397 e. The molecule has 0 aliphatic heterocycles. The van der Waals surface area contributed by atoms with Crippen molar-refractivity contribution >= 4 is 17.3 Å². The second kappa shape index (κ2) is 17.1. The standard InChI is InChI=1S/C14H23N5O.C2H6.C2H4/c15-9-5-1-2-8-14(20)19-13-7-4-3-6-11(13)12(16)10-18-17;2*1-2/h3-4,6-7,10,18H,1-2,5,8-9,15-17H2,(H,19,20);1-2H3;1-2H2/b12-10-;;. The van der Waals surface area contributed by atoms with Crippen LogP contribution in [-0.4, -0.2) is 12.5 Å². The zero-order chi connectivity index (χ0) is 18.8. The predicted octanol–water partition coefficient (Wildman–Crippen LogP) is 2.69. The normalized spacial score (nSPS) is 9.75. The minimum absolute atomic E-state index is 0.0250. The van der Waals surface area contributed by atoms with Crippen LogP contribution in [0.3, 0.4) is 0 Å². The number of hydrogen-bond donors (Lipinski definition) is 5. The molecule has 24 heavy (non-hydrogen) atoms. The third kappa shape index (κ3) is 10.4. The van der Waals surface area contributed by atoms with E-state index in [4.69, 9.17) is 17.3 Å². The lowest BCUT2D eigenvalue weighted by atomic mass is 10.1. The first-order valence-electron chi connectivity index (χ1n) is 8.20. The number of rotatable bonds is 8. The Hall–Kier alpha value is -2.31. The molecule has 0 fully saturated rings. The Bertz CT molecular complexity index is 474. The van der Waals surface area contributed by atoms with E-state index in [-0.39, 0.29) is 5.91 Å². The van der Waals surface area contributed by atoms with Gasteiger partial charge in [-0.15, -0.1) is 13.2 Å². The van der Waals surface area contributed by atoms with Gasteiger partial charge in [-0.3, -0.25) is 10.6 Å². The first-order chi connectivity index (χ1) is 11.7. The minimum atomic E-state index is -0.0250. The molecule has 0 atom stereocenters. The van der Waals surface area contributed by atoms with Gasteiger partial charge in [0.1, 0.15) is 0 Å². The van der Waals surface area contributed by atoms with E-state index in [1.807, 2.05) is 38.1 Å². The van der Waals surface area contributed by atoms with Crippen LogP contribution in [-0.2, 0) is 4.79 Å². The molecule has 0 saturated carbocycles. The summed E-state index contributed by atoms with van der Waals surface area (Å²) in [5.74, 6) is 5.18. The molecular formula is C18H33N5O. The van der Waals surface area contributed by atoms with Crippen LogP contribution in [0.2, 0.25) is 0 Å². The Balaban J connectivity index is 0. The molecule has 0 aliphatic carbocycles. The van der Waals surface area contributed by atoms with Crippen molar-refractivity contribution in [3.8, 4) is 0 Å². The maximum atomic E-state index is 11.9. The van der Waals surface area contributed by atoms with E-state index in [1.54, 1.807) is 0 Å². The number of nitrogens with two attached hydrogens (primary N) is 3. The molecule has 8 N–H and O–H groups in total. The van der Waals surface area contributed by atoms with E-state index in [9.17, 15) is 4.79 Å².